The van der Waals surface area contributed by atoms with Gasteiger partial charge in [-0.1, -0.05) is 83.3 Å². The molecular weight excluding hydrogens is 389 g/mol. The molecule has 0 heterocycles. The normalized spacial score (nSPS) is 13.4. The lowest BCUT2D eigenvalue weighted by Gasteiger charge is -2.30. The van der Waals surface area contributed by atoms with E-state index in [-0.39, 0.29) is 0 Å². The smallest absolute Gasteiger partial charge is 0.127 e. The van der Waals surface area contributed by atoms with Gasteiger partial charge in [-0.3, -0.25) is 0 Å². The van der Waals surface area contributed by atoms with Crippen molar-refractivity contribution in [1.29, 1.82) is 0 Å². The van der Waals surface area contributed by atoms with E-state index in [9.17, 15) is 5.11 Å². The number of rotatable bonds is 6. The minimum atomic E-state index is -1.18. The van der Waals surface area contributed by atoms with Crippen molar-refractivity contribution in [3.05, 3.63) is 105 Å². The van der Waals surface area contributed by atoms with Crippen molar-refractivity contribution < 1.29 is 5.11 Å². The van der Waals surface area contributed by atoms with Gasteiger partial charge in [0.1, 0.15) is 5.60 Å². The van der Waals surface area contributed by atoms with Crippen molar-refractivity contribution >= 4 is 34.8 Å². The van der Waals surface area contributed by atoms with Gasteiger partial charge in [0, 0.05) is 18.1 Å². The molecule has 134 valence electrons. The first-order valence-corrected chi connectivity index (χ1v) is 9.31. The van der Waals surface area contributed by atoms with Crippen LogP contribution in [0.5, 0.6) is 0 Å². The summed E-state index contributed by atoms with van der Waals surface area (Å²) in [4.78, 5) is 0. The van der Waals surface area contributed by atoms with Crippen LogP contribution in [0.3, 0.4) is 0 Å². The number of aliphatic hydroxyl groups is 1. The van der Waals surface area contributed by atoms with Gasteiger partial charge in [0.15, 0.2) is 0 Å². The maximum atomic E-state index is 11.5. The van der Waals surface area contributed by atoms with Crippen molar-refractivity contribution in [2.75, 3.05) is 6.54 Å². The molecule has 2 nitrogen and oxygen atoms in total. The van der Waals surface area contributed by atoms with E-state index in [1.807, 2.05) is 54.6 Å². The fourth-order valence-corrected chi connectivity index (χ4v) is 3.29. The zero-order valence-electron chi connectivity index (χ0n) is 13.9. The average Bonchev–Trinajstić information content (AvgIpc) is 2.66. The van der Waals surface area contributed by atoms with Gasteiger partial charge in [-0.15, -0.1) is 0 Å². The monoisotopic (exact) mass is 405 g/mol. The minimum Gasteiger partial charge on any atom is -0.379 e. The van der Waals surface area contributed by atoms with Crippen LogP contribution >= 0.6 is 34.8 Å². The number of hydrogen-bond donors (Lipinski definition) is 2. The Morgan fingerprint density at radius 1 is 0.769 bits per heavy atom. The lowest BCUT2D eigenvalue weighted by atomic mass is 9.86. The molecule has 26 heavy (non-hydrogen) atoms. The van der Waals surface area contributed by atoms with E-state index in [1.54, 1.807) is 18.2 Å². The van der Waals surface area contributed by atoms with Crippen molar-refractivity contribution in [1.82, 2.24) is 5.32 Å². The van der Waals surface area contributed by atoms with Crippen molar-refractivity contribution in [3.8, 4) is 0 Å². The SMILES string of the molecule is O[C@](CNCc1ccc(Cl)c(Cl)c1)(c1ccccc1)c1ccc(Cl)cc1. The Kier molecular flexibility index (Phi) is 6.23. The molecule has 0 unspecified atom stereocenters. The van der Waals surface area contributed by atoms with E-state index in [4.69, 9.17) is 34.8 Å². The van der Waals surface area contributed by atoms with Crippen LogP contribution in [0.2, 0.25) is 15.1 Å². The van der Waals surface area contributed by atoms with Crippen LogP contribution in [-0.2, 0) is 12.1 Å². The van der Waals surface area contributed by atoms with E-state index in [0.29, 0.717) is 28.2 Å². The van der Waals surface area contributed by atoms with Gasteiger partial charge in [-0.05, 0) is 41.0 Å². The molecule has 1 atom stereocenters. The first-order valence-electron chi connectivity index (χ1n) is 8.17. The molecule has 0 bridgehead atoms. The van der Waals surface area contributed by atoms with Gasteiger partial charge in [-0.2, -0.15) is 0 Å². The number of hydrogen-bond acceptors (Lipinski definition) is 2. The molecule has 0 saturated carbocycles. The third kappa shape index (κ3) is 4.40. The number of nitrogens with one attached hydrogen (secondary N) is 1. The Hall–Kier alpha value is -1.55. The zero-order valence-corrected chi connectivity index (χ0v) is 16.2. The van der Waals surface area contributed by atoms with Gasteiger partial charge in [0.05, 0.1) is 10.0 Å². The molecule has 3 aromatic carbocycles. The zero-order chi connectivity index (χ0) is 18.6. The number of benzene rings is 3. The Bertz CT molecular complexity index is 868. The second-order valence-corrected chi connectivity index (χ2v) is 7.34. The molecule has 3 aromatic rings. The molecule has 0 fully saturated rings. The van der Waals surface area contributed by atoms with Crippen LogP contribution in [0.1, 0.15) is 16.7 Å². The predicted molar refractivity (Wildman–Crippen MR) is 109 cm³/mol. The van der Waals surface area contributed by atoms with Crippen molar-refractivity contribution in [3.63, 3.8) is 0 Å². The van der Waals surface area contributed by atoms with Gasteiger partial charge < -0.3 is 10.4 Å². The van der Waals surface area contributed by atoms with Gasteiger partial charge in [0.25, 0.3) is 0 Å². The topological polar surface area (TPSA) is 32.3 Å². The summed E-state index contributed by atoms with van der Waals surface area (Å²) in [7, 11) is 0. The molecule has 0 aromatic heterocycles. The molecule has 0 spiro atoms. The summed E-state index contributed by atoms with van der Waals surface area (Å²) in [6, 6.07) is 22.3. The van der Waals surface area contributed by atoms with E-state index in [0.717, 1.165) is 16.7 Å². The van der Waals surface area contributed by atoms with Crippen molar-refractivity contribution in [2.24, 2.45) is 0 Å². The molecule has 0 aliphatic carbocycles. The van der Waals surface area contributed by atoms with E-state index < -0.39 is 5.60 Å². The van der Waals surface area contributed by atoms with Crippen LogP contribution in [0.25, 0.3) is 0 Å². The predicted octanol–water partition coefficient (Wildman–Crippen LogP) is 5.67. The highest BCUT2D eigenvalue weighted by molar-refractivity contribution is 6.42. The lowest BCUT2D eigenvalue weighted by Crippen LogP contribution is -2.39. The largest absolute Gasteiger partial charge is 0.379 e. The highest BCUT2D eigenvalue weighted by Crippen LogP contribution is 2.30. The maximum Gasteiger partial charge on any atom is 0.127 e. The summed E-state index contributed by atoms with van der Waals surface area (Å²) in [6.45, 7) is 0.887. The summed E-state index contributed by atoms with van der Waals surface area (Å²) in [6.07, 6.45) is 0. The molecule has 0 amide bonds. The Morgan fingerprint density at radius 3 is 2.08 bits per heavy atom. The Balaban J connectivity index is 1.82. The van der Waals surface area contributed by atoms with Crippen LogP contribution in [0.15, 0.2) is 72.8 Å². The van der Waals surface area contributed by atoms with Gasteiger partial charge >= 0.3 is 0 Å². The van der Waals surface area contributed by atoms with Crippen LogP contribution < -0.4 is 5.32 Å². The molecule has 0 saturated heterocycles. The number of halogens is 3. The average molecular weight is 407 g/mol. The highest BCUT2D eigenvalue weighted by atomic mass is 35.5. The fourth-order valence-electron chi connectivity index (χ4n) is 2.85. The molecule has 0 radical (unpaired) electrons. The van der Waals surface area contributed by atoms with Crippen LogP contribution in [0.4, 0.5) is 0 Å². The first-order chi connectivity index (χ1) is 12.5. The Labute approximate surface area is 168 Å². The molecule has 0 aliphatic rings. The molecular formula is C21H18Cl3NO. The fraction of sp³-hybridized carbons (Fsp3) is 0.143. The van der Waals surface area contributed by atoms with Gasteiger partial charge in [0.2, 0.25) is 0 Å². The van der Waals surface area contributed by atoms with Crippen LogP contribution in [0, 0.1) is 0 Å². The molecule has 0 aliphatic heterocycles. The summed E-state index contributed by atoms with van der Waals surface area (Å²) < 4.78 is 0. The highest BCUT2D eigenvalue weighted by Gasteiger charge is 2.31. The molecule has 3 rings (SSSR count). The third-order valence-corrected chi connectivity index (χ3v) is 5.26. The standard InChI is InChI=1S/C21H18Cl3NO/c22-18-9-7-17(8-10-18)21(26,16-4-2-1-3-5-16)14-25-13-15-6-11-19(23)20(24)12-15/h1-12,25-26H,13-14H2/t21-/m1/s1. The maximum absolute atomic E-state index is 11.5. The second-order valence-electron chi connectivity index (χ2n) is 6.09. The third-order valence-electron chi connectivity index (χ3n) is 4.27. The molecule has 5 heteroatoms. The van der Waals surface area contributed by atoms with E-state index >= 15 is 0 Å². The quantitative estimate of drug-likeness (QED) is 0.552. The van der Waals surface area contributed by atoms with E-state index in [1.165, 1.54) is 0 Å². The van der Waals surface area contributed by atoms with Crippen LogP contribution in [-0.4, -0.2) is 11.7 Å². The Morgan fingerprint density at radius 2 is 1.42 bits per heavy atom. The first kappa shape index (κ1) is 19.2. The summed E-state index contributed by atoms with van der Waals surface area (Å²) in [5.74, 6) is 0. The summed E-state index contributed by atoms with van der Waals surface area (Å²) >= 11 is 18.0. The van der Waals surface area contributed by atoms with Crippen molar-refractivity contribution in [2.45, 2.75) is 12.1 Å². The van der Waals surface area contributed by atoms with E-state index in [2.05, 4.69) is 5.32 Å². The lowest BCUT2D eigenvalue weighted by molar-refractivity contribution is 0.0796. The minimum absolute atomic E-state index is 0.332. The summed E-state index contributed by atoms with van der Waals surface area (Å²) in [5, 5.41) is 16.5. The van der Waals surface area contributed by atoms with Gasteiger partial charge in [-0.25, -0.2) is 0 Å². The second kappa shape index (κ2) is 8.43. The molecule has 2 N–H and O–H groups in total. The summed E-state index contributed by atoms with van der Waals surface area (Å²) in [5.41, 5.74) is 1.40.